The Bertz CT molecular complexity index is 498. The number of hydrogen-bond acceptors (Lipinski definition) is 3. The number of benzene rings is 1. The fourth-order valence-electron chi connectivity index (χ4n) is 1.73. The van der Waals surface area contributed by atoms with E-state index >= 15 is 0 Å². The molecule has 0 saturated heterocycles. The first-order chi connectivity index (χ1) is 8.83. The zero-order valence-corrected chi connectivity index (χ0v) is 11.9. The molecular weight excluding hydrogens is 294 g/mol. The van der Waals surface area contributed by atoms with E-state index in [2.05, 4.69) is 32.3 Å². The maximum absolute atomic E-state index is 5.59. The lowest BCUT2D eigenvalue weighted by Crippen LogP contribution is -2.03. The van der Waals surface area contributed by atoms with E-state index in [0.717, 1.165) is 28.8 Å². The molecule has 96 valence electrons. The molecule has 0 atom stereocenters. The first kappa shape index (κ1) is 13.1. The van der Waals surface area contributed by atoms with Gasteiger partial charge in [-0.2, -0.15) is 0 Å². The van der Waals surface area contributed by atoms with Crippen molar-refractivity contribution >= 4 is 15.9 Å². The van der Waals surface area contributed by atoms with Crippen LogP contribution in [0.1, 0.15) is 18.2 Å². The number of nitrogens with zero attached hydrogens (tertiary/aromatic N) is 3. The summed E-state index contributed by atoms with van der Waals surface area (Å²) in [5.41, 5.74) is 2.12. The molecule has 1 aromatic carbocycles. The Morgan fingerprint density at radius 2 is 2.17 bits per heavy atom. The van der Waals surface area contributed by atoms with Crippen LogP contribution in [0.3, 0.4) is 0 Å². The highest BCUT2D eigenvalue weighted by Crippen LogP contribution is 2.18. The molecule has 2 aromatic rings. The average Bonchev–Trinajstić information content (AvgIpc) is 2.80. The van der Waals surface area contributed by atoms with Crippen molar-refractivity contribution in [2.24, 2.45) is 0 Å². The Balaban J connectivity index is 2.12. The molecule has 18 heavy (non-hydrogen) atoms. The van der Waals surface area contributed by atoms with Gasteiger partial charge in [-0.25, -0.2) is 4.68 Å². The van der Waals surface area contributed by atoms with E-state index in [1.807, 2.05) is 36.0 Å². The van der Waals surface area contributed by atoms with Crippen LogP contribution in [0.5, 0.6) is 5.75 Å². The fraction of sp³-hybridized carbons (Fsp3) is 0.385. The number of aromatic nitrogens is 3. The van der Waals surface area contributed by atoms with Gasteiger partial charge in [0.25, 0.3) is 0 Å². The topological polar surface area (TPSA) is 39.9 Å². The number of rotatable bonds is 6. The summed E-state index contributed by atoms with van der Waals surface area (Å²) in [6.45, 7) is 3.34. The third kappa shape index (κ3) is 3.32. The van der Waals surface area contributed by atoms with Gasteiger partial charge in [0.15, 0.2) is 0 Å². The van der Waals surface area contributed by atoms with Crippen LogP contribution in [0.4, 0.5) is 0 Å². The van der Waals surface area contributed by atoms with Crippen molar-refractivity contribution in [2.75, 3.05) is 11.9 Å². The van der Waals surface area contributed by atoms with E-state index in [1.54, 1.807) is 0 Å². The molecule has 0 amide bonds. The van der Waals surface area contributed by atoms with Crippen molar-refractivity contribution in [2.45, 2.75) is 19.9 Å². The van der Waals surface area contributed by atoms with Crippen LogP contribution in [0, 0.1) is 0 Å². The van der Waals surface area contributed by atoms with Gasteiger partial charge in [0.1, 0.15) is 5.75 Å². The Morgan fingerprint density at radius 1 is 1.33 bits per heavy atom. The maximum atomic E-state index is 5.59. The van der Waals surface area contributed by atoms with Gasteiger partial charge in [0.05, 0.1) is 18.8 Å². The number of ether oxygens (including phenoxy) is 1. The minimum Gasteiger partial charge on any atom is -0.494 e. The Labute approximate surface area is 115 Å². The molecular formula is C13H16BrN3O. The summed E-state index contributed by atoms with van der Waals surface area (Å²) in [5, 5.41) is 9.15. The van der Waals surface area contributed by atoms with E-state index in [9.17, 15) is 0 Å². The zero-order chi connectivity index (χ0) is 12.8. The number of halogens is 1. The lowest BCUT2D eigenvalue weighted by molar-refractivity contribution is 0.335. The lowest BCUT2D eigenvalue weighted by atomic mass is 10.2. The van der Waals surface area contributed by atoms with Crippen LogP contribution >= 0.6 is 15.9 Å². The monoisotopic (exact) mass is 309 g/mol. The molecule has 1 aromatic heterocycles. The summed E-state index contributed by atoms with van der Waals surface area (Å²) in [5.74, 6) is 0.914. The molecule has 0 spiro atoms. The first-order valence-corrected chi connectivity index (χ1v) is 7.11. The van der Waals surface area contributed by atoms with Crippen LogP contribution in [0.15, 0.2) is 30.5 Å². The highest BCUT2D eigenvalue weighted by Gasteiger charge is 2.05. The summed E-state index contributed by atoms with van der Waals surface area (Å²) >= 11 is 3.40. The van der Waals surface area contributed by atoms with Gasteiger partial charge in [0.2, 0.25) is 0 Å². The van der Waals surface area contributed by atoms with E-state index in [0.29, 0.717) is 13.2 Å². The smallest absolute Gasteiger partial charge is 0.124 e. The molecule has 1 heterocycles. The van der Waals surface area contributed by atoms with E-state index in [4.69, 9.17) is 4.74 Å². The second-order valence-corrected chi connectivity index (χ2v) is 4.68. The van der Waals surface area contributed by atoms with Gasteiger partial charge < -0.3 is 4.74 Å². The Hall–Kier alpha value is -1.36. The minimum atomic E-state index is 0.670. The number of hydrogen-bond donors (Lipinski definition) is 0. The third-order valence-electron chi connectivity index (χ3n) is 2.54. The van der Waals surface area contributed by atoms with Gasteiger partial charge in [0, 0.05) is 23.5 Å². The molecule has 0 bridgehead atoms. The van der Waals surface area contributed by atoms with E-state index in [-0.39, 0.29) is 0 Å². The van der Waals surface area contributed by atoms with Crippen LogP contribution < -0.4 is 4.74 Å². The average molecular weight is 310 g/mol. The minimum absolute atomic E-state index is 0.670. The second-order valence-electron chi connectivity index (χ2n) is 3.89. The molecule has 4 nitrogen and oxygen atoms in total. The second kappa shape index (κ2) is 6.54. The zero-order valence-electron chi connectivity index (χ0n) is 10.3. The summed E-state index contributed by atoms with van der Waals surface area (Å²) in [6, 6.07) is 8.02. The lowest BCUT2D eigenvalue weighted by Gasteiger charge is -2.09. The highest BCUT2D eigenvalue weighted by atomic mass is 79.9. The standard InChI is InChI=1S/C13H16BrN3O/c1-2-18-13-6-4-3-5-11(13)9-17-10-12(7-8-14)15-16-17/h3-6,10H,2,7-9H2,1H3. The van der Waals surface area contributed by atoms with Crippen molar-refractivity contribution in [3.8, 4) is 5.75 Å². The van der Waals surface area contributed by atoms with Crippen molar-refractivity contribution < 1.29 is 4.74 Å². The van der Waals surface area contributed by atoms with E-state index < -0.39 is 0 Å². The Kier molecular flexibility index (Phi) is 4.75. The van der Waals surface area contributed by atoms with Gasteiger partial charge >= 0.3 is 0 Å². The van der Waals surface area contributed by atoms with Gasteiger partial charge in [-0.15, -0.1) is 5.10 Å². The molecule has 5 heteroatoms. The number of alkyl halides is 1. The molecule has 0 fully saturated rings. The molecule has 0 saturated carbocycles. The number of aryl methyl sites for hydroxylation is 1. The normalized spacial score (nSPS) is 10.6. The molecule has 0 N–H and O–H groups in total. The van der Waals surface area contributed by atoms with Crippen molar-refractivity contribution in [3.63, 3.8) is 0 Å². The van der Waals surface area contributed by atoms with E-state index in [1.165, 1.54) is 0 Å². The summed E-state index contributed by atoms with van der Waals surface area (Å²) in [6.07, 6.45) is 2.87. The molecule has 0 aliphatic carbocycles. The Morgan fingerprint density at radius 3 is 2.94 bits per heavy atom. The summed E-state index contributed by atoms with van der Waals surface area (Å²) < 4.78 is 7.44. The SMILES string of the molecule is CCOc1ccccc1Cn1cc(CCBr)nn1. The molecule has 0 aliphatic heterocycles. The number of para-hydroxylation sites is 1. The quantitative estimate of drug-likeness (QED) is 0.770. The third-order valence-corrected chi connectivity index (χ3v) is 2.94. The highest BCUT2D eigenvalue weighted by molar-refractivity contribution is 9.09. The van der Waals surface area contributed by atoms with Crippen LogP contribution in [0.25, 0.3) is 0 Å². The molecule has 0 radical (unpaired) electrons. The predicted octanol–water partition coefficient (Wildman–Crippen LogP) is 2.66. The van der Waals surface area contributed by atoms with Gasteiger partial charge in [-0.1, -0.05) is 39.3 Å². The molecule has 0 aliphatic rings. The van der Waals surface area contributed by atoms with Gasteiger partial charge in [-0.3, -0.25) is 0 Å². The maximum Gasteiger partial charge on any atom is 0.124 e. The van der Waals surface area contributed by atoms with Crippen LogP contribution in [-0.2, 0) is 13.0 Å². The molecule has 0 unspecified atom stereocenters. The largest absolute Gasteiger partial charge is 0.494 e. The molecule has 2 rings (SSSR count). The first-order valence-electron chi connectivity index (χ1n) is 5.99. The van der Waals surface area contributed by atoms with Crippen molar-refractivity contribution in [3.05, 3.63) is 41.7 Å². The van der Waals surface area contributed by atoms with Crippen LogP contribution in [0.2, 0.25) is 0 Å². The van der Waals surface area contributed by atoms with Crippen LogP contribution in [-0.4, -0.2) is 26.9 Å². The van der Waals surface area contributed by atoms with Gasteiger partial charge in [-0.05, 0) is 13.0 Å². The fourth-order valence-corrected chi connectivity index (χ4v) is 2.14. The van der Waals surface area contributed by atoms with Crippen molar-refractivity contribution in [1.29, 1.82) is 0 Å². The van der Waals surface area contributed by atoms with Crippen molar-refractivity contribution in [1.82, 2.24) is 15.0 Å². The summed E-state index contributed by atoms with van der Waals surface area (Å²) in [4.78, 5) is 0. The summed E-state index contributed by atoms with van der Waals surface area (Å²) in [7, 11) is 0. The predicted molar refractivity (Wildman–Crippen MR) is 74.2 cm³/mol.